The fourth-order valence-electron chi connectivity index (χ4n) is 5.29. The minimum atomic E-state index is 0.139. The van der Waals surface area contributed by atoms with Crippen molar-refractivity contribution in [2.45, 2.75) is 52.4 Å². The van der Waals surface area contributed by atoms with E-state index in [4.69, 9.17) is 23.2 Å². The second-order valence-corrected chi connectivity index (χ2v) is 10.4. The first-order valence-electron chi connectivity index (χ1n) is 11.1. The maximum atomic E-state index is 9.68. The van der Waals surface area contributed by atoms with E-state index in [9.17, 15) is 10.2 Å². The predicted molar refractivity (Wildman–Crippen MR) is 131 cm³/mol. The highest BCUT2D eigenvalue weighted by atomic mass is 35.5. The average Bonchev–Trinajstić information content (AvgIpc) is 2.78. The summed E-state index contributed by atoms with van der Waals surface area (Å²) >= 11 is 12.2. The SMILES string of the molecule is CC(C)(C1CC=C(c2ccc(O)c(Cl)c2)CC1)C1CC=C(c2ccc(O)c(Cl)c2)CC1. The van der Waals surface area contributed by atoms with Crippen molar-refractivity contribution in [1.82, 2.24) is 0 Å². The number of halogens is 2. The van der Waals surface area contributed by atoms with Crippen molar-refractivity contribution in [2.24, 2.45) is 17.3 Å². The van der Waals surface area contributed by atoms with E-state index in [0.717, 1.165) is 36.8 Å². The summed E-state index contributed by atoms with van der Waals surface area (Å²) in [5, 5.41) is 20.2. The van der Waals surface area contributed by atoms with E-state index in [1.54, 1.807) is 12.1 Å². The van der Waals surface area contributed by atoms with Crippen LogP contribution in [-0.4, -0.2) is 10.2 Å². The van der Waals surface area contributed by atoms with Gasteiger partial charge < -0.3 is 10.2 Å². The number of aromatic hydroxyl groups is 2. The molecule has 2 aromatic carbocycles. The van der Waals surface area contributed by atoms with E-state index < -0.39 is 0 Å². The van der Waals surface area contributed by atoms with Gasteiger partial charge in [-0.25, -0.2) is 0 Å². The molecular formula is C27H30Cl2O2. The molecule has 2 atom stereocenters. The highest BCUT2D eigenvalue weighted by molar-refractivity contribution is 6.32. The molecule has 31 heavy (non-hydrogen) atoms. The highest BCUT2D eigenvalue weighted by Crippen LogP contribution is 2.49. The normalized spacial score (nSPS) is 22.1. The molecule has 0 saturated carbocycles. The summed E-state index contributed by atoms with van der Waals surface area (Å²) in [5.74, 6) is 1.60. The van der Waals surface area contributed by atoms with Crippen molar-refractivity contribution >= 4 is 34.3 Å². The molecule has 0 amide bonds. The van der Waals surface area contributed by atoms with E-state index in [0.29, 0.717) is 21.9 Å². The molecule has 0 aliphatic heterocycles. The van der Waals surface area contributed by atoms with Crippen LogP contribution in [0.1, 0.15) is 63.5 Å². The zero-order valence-electron chi connectivity index (χ0n) is 18.2. The largest absolute Gasteiger partial charge is 0.506 e. The number of hydrogen-bond acceptors (Lipinski definition) is 2. The molecule has 0 saturated heterocycles. The number of benzene rings is 2. The van der Waals surface area contributed by atoms with Crippen molar-refractivity contribution in [3.63, 3.8) is 0 Å². The number of allylic oxidation sites excluding steroid dienone is 4. The summed E-state index contributed by atoms with van der Waals surface area (Å²) in [5.41, 5.74) is 5.19. The first-order chi connectivity index (χ1) is 14.8. The summed E-state index contributed by atoms with van der Waals surface area (Å²) in [6.07, 6.45) is 11.4. The Morgan fingerprint density at radius 1 is 0.742 bits per heavy atom. The van der Waals surface area contributed by atoms with Crippen molar-refractivity contribution < 1.29 is 10.2 Å². The molecule has 164 valence electrons. The van der Waals surface area contributed by atoms with Gasteiger partial charge in [-0.15, -0.1) is 0 Å². The molecule has 2 nitrogen and oxygen atoms in total. The zero-order valence-corrected chi connectivity index (χ0v) is 19.7. The van der Waals surface area contributed by atoms with Gasteiger partial charge in [0.15, 0.2) is 0 Å². The Hall–Kier alpha value is -1.90. The minimum Gasteiger partial charge on any atom is -0.506 e. The van der Waals surface area contributed by atoms with Crippen molar-refractivity contribution in [1.29, 1.82) is 0 Å². The molecule has 0 bridgehead atoms. The van der Waals surface area contributed by atoms with Gasteiger partial charge in [-0.2, -0.15) is 0 Å². The van der Waals surface area contributed by atoms with Gasteiger partial charge in [-0.1, -0.05) is 61.3 Å². The Labute approximate surface area is 195 Å². The average molecular weight is 457 g/mol. The van der Waals surface area contributed by atoms with E-state index in [2.05, 4.69) is 26.0 Å². The van der Waals surface area contributed by atoms with Gasteiger partial charge in [0.25, 0.3) is 0 Å². The van der Waals surface area contributed by atoms with Gasteiger partial charge in [0.05, 0.1) is 10.0 Å². The minimum absolute atomic E-state index is 0.139. The third-order valence-electron chi connectivity index (χ3n) is 7.56. The van der Waals surface area contributed by atoms with Crippen molar-refractivity contribution in [3.05, 3.63) is 69.7 Å². The third kappa shape index (κ3) is 4.66. The summed E-state index contributed by atoms with van der Waals surface area (Å²) in [4.78, 5) is 0. The Morgan fingerprint density at radius 2 is 1.16 bits per heavy atom. The summed E-state index contributed by atoms with van der Waals surface area (Å²) in [6.45, 7) is 4.88. The fourth-order valence-corrected chi connectivity index (χ4v) is 5.65. The first kappa shape index (κ1) is 22.3. The maximum Gasteiger partial charge on any atom is 0.134 e. The molecule has 0 radical (unpaired) electrons. The molecule has 0 heterocycles. The van der Waals surface area contributed by atoms with Gasteiger partial charge in [0, 0.05) is 0 Å². The molecule has 2 aliphatic rings. The molecule has 2 unspecified atom stereocenters. The van der Waals surface area contributed by atoms with Gasteiger partial charge in [-0.3, -0.25) is 0 Å². The lowest BCUT2D eigenvalue weighted by Crippen LogP contribution is -2.34. The van der Waals surface area contributed by atoms with Gasteiger partial charge in [0.2, 0.25) is 0 Å². The molecule has 0 spiro atoms. The lowest BCUT2D eigenvalue weighted by atomic mass is 9.61. The smallest absolute Gasteiger partial charge is 0.134 e. The third-order valence-corrected chi connectivity index (χ3v) is 8.17. The van der Waals surface area contributed by atoms with Crippen LogP contribution in [0, 0.1) is 17.3 Å². The van der Waals surface area contributed by atoms with Crippen LogP contribution in [-0.2, 0) is 0 Å². The van der Waals surface area contributed by atoms with Crippen molar-refractivity contribution in [3.8, 4) is 11.5 Å². The topological polar surface area (TPSA) is 40.5 Å². The van der Waals surface area contributed by atoms with Crippen LogP contribution in [0.2, 0.25) is 10.0 Å². The Kier molecular flexibility index (Phi) is 6.42. The Bertz CT molecular complexity index is 954. The molecule has 4 rings (SSSR count). The van der Waals surface area contributed by atoms with Gasteiger partial charge >= 0.3 is 0 Å². The second-order valence-electron chi connectivity index (χ2n) is 9.56. The van der Waals surface area contributed by atoms with Gasteiger partial charge in [0.1, 0.15) is 11.5 Å². The second kappa shape index (κ2) is 8.92. The van der Waals surface area contributed by atoms with E-state index in [-0.39, 0.29) is 16.9 Å². The summed E-state index contributed by atoms with van der Waals surface area (Å²) < 4.78 is 0. The standard InChI is InChI=1S/C27H30Cl2O2/c1-27(2,21-9-3-17(4-10-21)19-7-13-25(30)23(28)15-19)22-11-5-18(6-12-22)20-8-14-26(31)24(29)16-20/h3,5,7-8,13-16,21-22,30-31H,4,6,9-12H2,1-2H3. The van der Waals surface area contributed by atoms with E-state index >= 15 is 0 Å². The molecule has 2 aliphatic carbocycles. The molecule has 2 N–H and O–H groups in total. The number of hydrogen-bond donors (Lipinski definition) is 2. The number of phenolic OH excluding ortho intramolecular Hbond substituents is 2. The first-order valence-corrected chi connectivity index (χ1v) is 11.9. The monoisotopic (exact) mass is 456 g/mol. The van der Waals surface area contributed by atoms with E-state index in [1.165, 1.54) is 24.0 Å². The number of rotatable bonds is 4. The van der Waals surface area contributed by atoms with Crippen LogP contribution >= 0.6 is 23.2 Å². The molecule has 4 heteroatoms. The maximum absolute atomic E-state index is 9.68. The predicted octanol–water partition coefficient (Wildman–Crippen LogP) is 8.50. The Balaban J connectivity index is 1.43. The highest BCUT2D eigenvalue weighted by Gasteiger charge is 2.38. The lowest BCUT2D eigenvalue weighted by Gasteiger charge is -2.44. The molecule has 0 fully saturated rings. The van der Waals surface area contributed by atoms with Crippen LogP contribution in [0.25, 0.3) is 11.1 Å². The lowest BCUT2D eigenvalue weighted by molar-refractivity contribution is 0.0991. The van der Waals surface area contributed by atoms with Gasteiger partial charge in [-0.05, 0) is 102 Å². The van der Waals surface area contributed by atoms with Crippen LogP contribution < -0.4 is 0 Å². The van der Waals surface area contributed by atoms with E-state index in [1.807, 2.05) is 24.3 Å². The van der Waals surface area contributed by atoms with Crippen LogP contribution in [0.15, 0.2) is 48.6 Å². The van der Waals surface area contributed by atoms with Crippen LogP contribution in [0.4, 0.5) is 0 Å². The molecule has 2 aromatic rings. The van der Waals surface area contributed by atoms with Crippen molar-refractivity contribution in [2.75, 3.05) is 0 Å². The molecule has 0 aromatic heterocycles. The molecular weight excluding hydrogens is 427 g/mol. The summed E-state index contributed by atoms with van der Waals surface area (Å²) in [7, 11) is 0. The Morgan fingerprint density at radius 3 is 1.48 bits per heavy atom. The number of phenols is 2. The zero-order chi connectivity index (χ0) is 22.2. The van der Waals surface area contributed by atoms with Crippen LogP contribution in [0.5, 0.6) is 11.5 Å². The quantitative estimate of drug-likeness (QED) is 0.483. The summed E-state index contributed by atoms with van der Waals surface area (Å²) in [6, 6.07) is 11.0. The fraction of sp³-hybridized carbons (Fsp3) is 0.407. The van der Waals surface area contributed by atoms with Crippen LogP contribution in [0.3, 0.4) is 0 Å².